The molecule has 0 atom stereocenters. The van der Waals surface area contributed by atoms with Gasteiger partial charge in [-0.15, -0.1) is 0 Å². The molecule has 1 amide bonds. The number of ether oxygens (including phenoxy) is 1. The first-order chi connectivity index (χ1) is 10.3. The van der Waals surface area contributed by atoms with Crippen LogP contribution in [0.4, 0.5) is 5.69 Å². The van der Waals surface area contributed by atoms with Gasteiger partial charge in [0.2, 0.25) is 0 Å². The molecule has 21 heavy (non-hydrogen) atoms. The van der Waals surface area contributed by atoms with Crippen LogP contribution < -0.4 is 16.0 Å². The summed E-state index contributed by atoms with van der Waals surface area (Å²) in [5, 5.41) is 9.32. The molecule has 0 unspecified atom stereocenters. The van der Waals surface area contributed by atoms with Crippen LogP contribution in [0.2, 0.25) is 0 Å². The summed E-state index contributed by atoms with van der Waals surface area (Å²) in [6.45, 7) is 5.96. The van der Waals surface area contributed by atoms with E-state index in [0.29, 0.717) is 24.9 Å². The van der Waals surface area contributed by atoms with Crippen molar-refractivity contribution < 1.29 is 9.53 Å². The Hall–Kier alpha value is -1.66. The highest BCUT2D eigenvalue weighted by molar-refractivity contribution is 5.93. The third-order valence-electron chi connectivity index (χ3n) is 3.40. The number of amides is 1. The number of piperidine rings is 1. The molecule has 1 saturated heterocycles. The molecule has 2 heterocycles. The van der Waals surface area contributed by atoms with E-state index in [-0.39, 0.29) is 5.91 Å². The molecule has 0 bridgehead atoms. The van der Waals surface area contributed by atoms with E-state index in [1.807, 2.05) is 13.0 Å². The highest BCUT2D eigenvalue weighted by Crippen LogP contribution is 2.09. The van der Waals surface area contributed by atoms with Crippen molar-refractivity contribution in [1.29, 1.82) is 0 Å². The second-order valence-electron chi connectivity index (χ2n) is 5.04. The Labute approximate surface area is 125 Å². The molecule has 1 aliphatic rings. The second kappa shape index (κ2) is 8.59. The largest absolute Gasteiger partial charge is 0.383 e. The molecule has 0 aromatic carbocycles. The molecule has 1 aromatic rings. The molecule has 1 aliphatic heterocycles. The van der Waals surface area contributed by atoms with E-state index < -0.39 is 0 Å². The molecule has 0 aliphatic carbocycles. The Morgan fingerprint density at radius 1 is 1.48 bits per heavy atom. The third-order valence-corrected chi connectivity index (χ3v) is 3.40. The predicted octanol–water partition coefficient (Wildman–Crippen LogP) is 1.01. The number of aromatic nitrogens is 1. The van der Waals surface area contributed by atoms with E-state index >= 15 is 0 Å². The topological polar surface area (TPSA) is 75.3 Å². The van der Waals surface area contributed by atoms with E-state index in [2.05, 4.69) is 20.9 Å². The second-order valence-corrected chi connectivity index (χ2v) is 5.04. The van der Waals surface area contributed by atoms with Gasteiger partial charge in [-0.2, -0.15) is 0 Å². The van der Waals surface area contributed by atoms with Gasteiger partial charge in [-0.1, -0.05) is 0 Å². The minimum atomic E-state index is -0.146. The summed E-state index contributed by atoms with van der Waals surface area (Å²) in [7, 11) is 0. The SMILES string of the molecule is CCNC(=O)c1cc(NCCOC2CCNCC2)ccn1. The van der Waals surface area contributed by atoms with E-state index in [1.54, 1.807) is 12.3 Å². The van der Waals surface area contributed by atoms with Crippen LogP contribution in [-0.2, 0) is 4.74 Å². The summed E-state index contributed by atoms with van der Waals surface area (Å²) in [6.07, 6.45) is 4.17. The van der Waals surface area contributed by atoms with Gasteiger partial charge in [0.1, 0.15) is 5.69 Å². The molecular formula is C15H24N4O2. The highest BCUT2D eigenvalue weighted by atomic mass is 16.5. The lowest BCUT2D eigenvalue weighted by Gasteiger charge is -2.23. The van der Waals surface area contributed by atoms with Gasteiger partial charge < -0.3 is 20.7 Å². The molecule has 0 spiro atoms. The van der Waals surface area contributed by atoms with Crippen LogP contribution in [0.5, 0.6) is 0 Å². The van der Waals surface area contributed by atoms with Gasteiger partial charge in [0.15, 0.2) is 0 Å². The van der Waals surface area contributed by atoms with Crippen LogP contribution in [0.15, 0.2) is 18.3 Å². The number of rotatable bonds is 7. The van der Waals surface area contributed by atoms with Crippen molar-refractivity contribution in [1.82, 2.24) is 15.6 Å². The van der Waals surface area contributed by atoms with Gasteiger partial charge in [-0.25, -0.2) is 0 Å². The van der Waals surface area contributed by atoms with Crippen LogP contribution in [-0.4, -0.2) is 49.8 Å². The molecule has 6 nitrogen and oxygen atoms in total. The van der Waals surface area contributed by atoms with Crippen LogP contribution in [0.3, 0.4) is 0 Å². The van der Waals surface area contributed by atoms with Crippen molar-refractivity contribution in [2.24, 2.45) is 0 Å². The monoisotopic (exact) mass is 292 g/mol. The maximum Gasteiger partial charge on any atom is 0.269 e. The summed E-state index contributed by atoms with van der Waals surface area (Å²) in [4.78, 5) is 15.8. The quantitative estimate of drug-likeness (QED) is 0.654. The lowest BCUT2D eigenvalue weighted by Crippen LogP contribution is -2.33. The highest BCUT2D eigenvalue weighted by Gasteiger charge is 2.12. The number of pyridine rings is 1. The Bertz CT molecular complexity index is 447. The predicted molar refractivity (Wildman–Crippen MR) is 82.6 cm³/mol. The molecule has 0 saturated carbocycles. The molecule has 2 rings (SSSR count). The van der Waals surface area contributed by atoms with Gasteiger partial charge in [-0.05, 0) is 45.0 Å². The van der Waals surface area contributed by atoms with Crippen molar-refractivity contribution in [2.45, 2.75) is 25.9 Å². The summed E-state index contributed by atoms with van der Waals surface area (Å²) in [5.41, 5.74) is 1.32. The van der Waals surface area contributed by atoms with Crippen LogP contribution in [0, 0.1) is 0 Å². The zero-order chi connectivity index (χ0) is 14.9. The molecule has 0 radical (unpaired) electrons. The normalized spacial score (nSPS) is 15.7. The van der Waals surface area contributed by atoms with Gasteiger partial charge >= 0.3 is 0 Å². The van der Waals surface area contributed by atoms with Crippen molar-refractivity contribution in [3.05, 3.63) is 24.0 Å². The summed E-state index contributed by atoms with van der Waals surface area (Å²) >= 11 is 0. The fourth-order valence-electron chi connectivity index (χ4n) is 2.30. The number of carbonyl (C=O) groups excluding carboxylic acids is 1. The third kappa shape index (κ3) is 5.32. The summed E-state index contributed by atoms with van der Waals surface area (Å²) in [6, 6.07) is 3.61. The van der Waals surface area contributed by atoms with Gasteiger partial charge in [0.25, 0.3) is 5.91 Å². The first-order valence-electron chi connectivity index (χ1n) is 7.60. The average molecular weight is 292 g/mol. The molecule has 1 fully saturated rings. The fraction of sp³-hybridized carbons (Fsp3) is 0.600. The van der Waals surface area contributed by atoms with Crippen molar-refractivity contribution in [3.8, 4) is 0 Å². The van der Waals surface area contributed by atoms with Crippen molar-refractivity contribution in [2.75, 3.05) is 38.1 Å². The zero-order valence-electron chi connectivity index (χ0n) is 12.5. The summed E-state index contributed by atoms with van der Waals surface area (Å²) in [5.74, 6) is -0.146. The average Bonchev–Trinajstić information content (AvgIpc) is 2.53. The number of hydrogen-bond donors (Lipinski definition) is 3. The maximum absolute atomic E-state index is 11.7. The lowest BCUT2D eigenvalue weighted by molar-refractivity contribution is 0.0394. The molecule has 6 heteroatoms. The van der Waals surface area contributed by atoms with Gasteiger partial charge in [0.05, 0.1) is 12.7 Å². The standard InChI is InChI=1S/C15H24N4O2/c1-2-17-15(20)14-11-12(3-8-19-14)18-9-10-21-13-4-6-16-7-5-13/h3,8,11,13,16H,2,4-7,9-10H2,1H3,(H,17,20)(H,18,19). The Kier molecular flexibility index (Phi) is 6.43. The minimum absolute atomic E-state index is 0.146. The van der Waals surface area contributed by atoms with E-state index in [4.69, 9.17) is 4.74 Å². The first kappa shape index (κ1) is 15.7. The molecular weight excluding hydrogens is 268 g/mol. The van der Waals surface area contributed by atoms with Gasteiger partial charge in [-0.3, -0.25) is 9.78 Å². The molecule has 3 N–H and O–H groups in total. The van der Waals surface area contributed by atoms with Crippen molar-refractivity contribution in [3.63, 3.8) is 0 Å². The number of nitrogens with zero attached hydrogens (tertiary/aromatic N) is 1. The smallest absolute Gasteiger partial charge is 0.269 e. The fourth-order valence-corrected chi connectivity index (χ4v) is 2.30. The molecule has 116 valence electrons. The Balaban J connectivity index is 1.72. The summed E-state index contributed by atoms with van der Waals surface area (Å²) < 4.78 is 5.82. The van der Waals surface area contributed by atoms with E-state index in [9.17, 15) is 4.79 Å². The molecule has 1 aromatic heterocycles. The van der Waals surface area contributed by atoms with E-state index in [1.165, 1.54) is 0 Å². The Morgan fingerprint density at radius 2 is 2.29 bits per heavy atom. The Morgan fingerprint density at radius 3 is 3.05 bits per heavy atom. The van der Waals surface area contributed by atoms with Crippen LogP contribution >= 0.6 is 0 Å². The number of nitrogens with one attached hydrogen (secondary N) is 3. The maximum atomic E-state index is 11.7. The van der Waals surface area contributed by atoms with Crippen LogP contribution in [0.25, 0.3) is 0 Å². The zero-order valence-corrected chi connectivity index (χ0v) is 12.5. The van der Waals surface area contributed by atoms with Gasteiger partial charge in [0, 0.05) is 25.0 Å². The number of carbonyl (C=O) groups is 1. The van der Waals surface area contributed by atoms with E-state index in [0.717, 1.165) is 38.2 Å². The van der Waals surface area contributed by atoms with Crippen LogP contribution in [0.1, 0.15) is 30.3 Å². The number of hydrogen-bond acceptors (Lipinski definition) is 5. The minimum Gasteiger partial charge on any atom is -0.383 e. The number of anilines is 1. The van der Waals surface area contributed by atoms with Crippen molar-refractivity contribution >= 4 is 11.6 Å². The first-order valence-corrected chi connectivity index (χ1v) is 7.60. The lowest BCUT2D eigenvalue weighted by atomic mass is 10.1.